The van der Waals surface area contributed by atoms with E-state index < -0.39 is 0 Å². The van der Waals surface area contributed by atoms with Gasteiger partial charge in [0.25, 0.3) is 0 Å². The van der Waals surface area contributed by atoms with Crippen LogP contribution in [0.15, 0.2) is 10.5 Å². The third-order valence-electron chi connectivity index (χ3n) is 3.19. The molecule has 2 unspecified atom stereocenters. The van der Waals surface area contributed by atoms with Crippen LogP contribution in [-0.4, -0.2) is 19.3 Å². The summed E-state index contributed by atoms with van der Waals surface area (Å²) >= 11 is 5.42. The Labute approximate surface area is 110 Å². The Morgan fingerprint density at radius 1 is 1.56 bits per heavy atom. The van der Waals surface area contributed by atoms with Gasteiger partial charge < -0.3 is 10.1 Å². The number of hydrogen-bond acceptors (Lipinski definition) is 3. The summed E-state index contributed by atoms with van der Waals surface area (Å²) in [6.07, 6.45) is 4.06. The van der Waals surface area contributed by atoms with Crippen molar-refractivity contribution < 1.29 is 4.74 Å². The highest BCUT2D eigenvalue weighted by molar-refractivity contribution is 9.10. The van der Waals surface area contributed by atoms with Crippen molar-refractivity contribution in [2.24, 2.45) is 0 Å². The van der Waals surface area contributed by atoms with Crippen LogP contribution in [0.4, 0.5) is 0 Å². The van der Waals surface area contributed by atoms with Crippen LogP contribution in [0, 0.1) is 6.92 Å². The minimum atomic E-state index is 0.467. The molecule has 1 fully saturated rings. The number of nitrogens with one attached hydrogen (secondary N) is 1. The van der Waals surface area contributed by atoms with E-state index in [0.717, 1.165) is 13.0 Å². The van der Waals surface area contributed by atoms with Gasteiger partial charge in [-0.15, -0.1) is 11.3 Å². The van der Waals surface area contributed by atoms with Gasteiger partial charge >= 0.3 is 0 Å². The van der Waals surface area contributed by atoms with E-state index in [2.05, 4.69) is 34.2 Å². The average molecular weight is 304 g/mol. The van der Waals surface area contributed by atoms with E-state index in [1.165, 1.54) is 27.1 Å². The van der Waals surface area contributed by atoms with Gasteiger partial charge in [0, 0.05) is 33.9 Å². The Balaban J connectivity index is 1.79. The van der Waals surface area contributed by atoms with E-state index in [1.54, 1.807) is 0 Å². The molecule has 16 heavy (non-hydrogen) atoms. The summed E-state index contributed by atoms with van der Waals surface area (Å²) in [6.45, 7) is 3.13. The first-order valence-electron chi connectivity index (χ1n) is 5.70. The van der Waals surface area contributed by atoms with E-state index in [-0.39, 0.29) is 0 Å². The summed E-state index contributed by atoms with van der Waals surface area (Å²) in [6, 6.07) is 2.85. The fraction of sp³-hybridized carbons (Fsp3) is 0.667. The van der Waals surface area contributed by atoms with Crippen molar-refractivity contribution in [1.29, 1.82) is 0 Å². The van der Waals surface area contributed by atoms with Gasteiger partial charge in [0.05, 0.1) is 6.10 Å². The van der Waals surface area contributed by atoms with Crippen molar-refractivity contribution >= 4 is 27.3 Å². The molecule has 0 saturated heterocycles. The number of aryl methyl sites for hydroxylation is 1. The zero-order chi connectivity index (χ0) is 11.5. The first-order chi connectivity index (χ1) is 7.69. The van der Waals surface area contributed by atoms with Crippen LogP contribution in [0.3, 0.4) is 0 Å². The van der Waals surface area contributed by atoms with Crippen molar-refractivity contribution in [1.82, 2.24) is 5.32 Å². The Morgan fingerprint density at radius 3 is 2.94 bits per heavy atom. The van der Waals surface area contributed by atoms with Gasteiger partial charge in [0.2, 0.25) is 0 Å². The van der Waals surface area contributed by atoms with Crippen molar-refractivity contribution in [2.75, 3.05) is 7.11 Å². The summed E-state index contributed by atoms with van der Waals surface area (Å²) in [4.78, 5) is 2.77. The zero-order valence-electron chi connectivity index (χ0n) is 9.75. The fourth-order valence-electron chi connectivity index (χ4n) is 2.19. The third-order valence-corrected chi connectivity index (χ3v) is 5.33. The first-order valence-corrected chi connectivity index (χ1v) is 7.31. The smallest absolute Gasteiger partial charge is 0.0586 e. The quantitative estimate of drug-likeness (QED) is 0.919. The number of methoxy groups -OCH3 is 1. The number of rotatable bonds is 4. The van der Waals surface area contributed by atoms with E-state index in [1.807, 2.05) is 18.4 Å². The number of halogens is 1. The van der Waals surface area contributed by atoms with Crippen molar-refractivity contribution in [3.05, 3.63) is 20.3 Å². The summed E-state index contributed by atoms with van der Waals surface area (Å²) in [5.41, 5.74) is 0. The molecule has 1 aliphatic rings. The normalized spacial score (nSPS) is 25.2. The lowest BCUT2D eigenvalue weighted by Crippen LogP contribution is -2.26. The van der Waals surface area contributed by atoms with E-state index in [9.17, 15) is 0 Å². The highest BCUT2D eigenvalue weighted by atomic mass is 79.9. The van der Waals surface area contributed by atoms with Crippen LogP contribution < -0.4 is 5.32 Å². The number of hydrogen-bond donors (Lipinski definition) is 1. The highest BCUT2D eigenvalue weighted by Gasteiger charge is 2.23. The van der Waals surface area contributed by atoms with Gasteiger partial charge in [0.1, 0.15) is 0 Å². The molecule has 0 spiro atoms. The molecule has 1 heterocycles. The van der Waals surface area contributed by atoms with Crippen LogP contribution >= 0.6 is 27.3 Å². The standard InChI is InChI=1S/C12H18BrNOS/c1-8-12(13)6-11(16-8)7-14-9-3-4-10(5-9)15-2/h6,9-10,14H,3-5,7H2,1-2H3. The van der Waals surface area contributed by atoms with E-state index in [4.69, 9.17) is 4.74 Å². The van der Waals surface area contributed by atoms with Gasteiger partial charge in [-0.05, 0) is 48.2 Å². The van der Waals surface area contributed by atoms with Crippen LogP contribution in [0.1, 0.15) is 29.0 Å². The molecule has 1 aromatic heterocycles. The van der Waals surface area contributed by atoms with Crippen LogP contribution in [0.2, 0.25) is 0 Å². The molecule has 1 aromatic rings. The third kappa shape index (κ3) is 3.06. The predicted octanol–water partition coefficient (Wildman–Crippen LogP) is 3.48. The largest absolute Gasteiger partial charge is 0.381 e. The Bertz CT molecular complexity index is 333. The molecule has 2 atom stereocenters. The lowest BCUT2D eigenvalue weighted by Gasteiger charge is -2.11. The Kier molecular flexibility index (Phi) is 4.41. The van der Waals surface area contributed by atoms with Gasteiger partial charge in [-0.25, -0.2) is 0 Å². The van der Waals surface area contributed by atoms with Crippen LogP contribution in [0.5, 0.6) is 0 Å². The molecule has 1 N–H and O–H groups in total. The topological polar surface area (TPSA) is 21.3 Å². The first kappa shape index (κ1) is 12.6. The molecule has 0 aromatic carbocycles. The minimum Gasteiger partial charge on any atom is -0.381 e. The average Bonchev–Trinajstić information content (AvgIpc) is 2.84. The van der Waals surface area contributed by atoms with Crippen LogP contribution in [0.25, 0.3) is 0 Å². The molecule has 2 nitrogen and oxygen atoms in total. The summed E-state index contributed by atoms with van der Waals surface area (Å²) in [5.74, 6) is 0. The maximum Gasteiger partial charge on any atom is 0.0586 e. The molecule has 90 valence electrons. The fourth-order valence-corrected chi connectivity index (χ4v) is 3.74. The second kappa shape index (κ2) is 5.63. The van der Waals surface area contributed by atoms with Crippen LogP contribution in [-0.2, 0) is 11.3 Å². The predicted molar refractivity (Wildman–Crippen MR) is 72.0 cm³/mol. The van der Waals surface area contributed by atoms with Gasteiger partial charge in [-0.1, -0.05) is 0 Å². The molecule has 1 aliphatic carbocycles. The molecule has 0 radical (unpaired) electrons. The second-order valence-electron chi connectivity index (χ2n) is 4.37. The summed E-state index contributed by atoms with van der Waals surface area (Å²) in [5, 5.41) is 3.61. The number of ether oxygens (including phenoxy) is 1. The molecule has 0 bridgehead atoms. The van der Waals surface area contributed by atoms with Gasteiger partial charge in [-0.2, -0.15) is 0 Å². The molecule has 0 amide bonds. The number of thiophene rings is 1. The maximum absolute atomic E-state index is 5.37. The molecule has 4 heteroatoms. The van der Waals surface area contributed by atoms with Crippen molar-refractivity contribution in [3.63, 3.8) is 0 Å². The zero-order valence-corrected chi connectivity index (χ0v) is 12.2. The molecule has 2 rings (SSSR count). The summed E-state index contributed by atoms with van der Waals surface area (Å²) < 4.78 is 6.60. The molecule has 0 aliphatic heterocycles. The van der Waals surface area contributed by atoms with E-state index >= 15 is 0 Å². The second-order valence-corrected chi connectivity index (χ2v) is 6.56. The van der Waals surface area contributed by atoms with Crippen molar-refractivity contribution in [3.8, 4) is 0 Å². The Morgan fingerprint density at radius 2 is 2.38 bits per heavy atom. The summed E-state index contributed by atoms with van der Waals surface area (Å²) in [7, 11) is 1.81. The van der Waals surface area contributed by atoms with Crippen molar-refractivity contribution in [2.45, 2.75) is 44.9 Å². The van der Waals surface area contributed by atoms with Gasteiger partial charge in [0.15, 0.2) is 0 Å². The Hall–Kier alpha value is 0.1000. The lowest BCUT2D eigenvalue weighted by atomic mass is 10.2. The molecule has 1 saturated carbocycles. The molecular weight excluding hydrogens is 286 g/mol. The highest BCUT2D eigenvalue weighted by Crippen LogP contribution is 2.27. The maximum atomic E-state index is 5.37. The minimum absolute atomic E-state index is 0.467. The monoisotopic (exact) mass is 303 g/mol. The lowest BCUT2D eigenvalue weighted by molar-refractivity contribution is 0.107. The van der Waals surface area contributed by atoms with E-state index in [0.29, 0.717) is 12.1 Å². The SMILES string of the molecule is COC1CCC(NCc2cc(Br)c(C)s2)C1. The molecular formula is C12H18BrNOS. The van der Waals surface area contributed by atoms with Gasteiger partial charge in [-0.3, -0.25) is 0 Å².